The fourth-order valence-electron chi connectivity index (χ4n) is 2.07. The van der Waals surface area contributed by atoms with Gasteiger partial charge in [0, 0.05) is 11.9 Å². The Morgan fingerprint density at radius 3 is 3.00 bits per heavy atom. The predicted octanol–water partition coefficient (Wildman–Crippen LogP) is 2.44. The molecule has 0 bridgehead atoms. The van der Waals surface area contributed by atoms with Gasteiger partial charge >= 0.3 is 0 Å². The molecule has 1 aromatic rings. The van der Waals surface area contributed by atoms with Crippen molar-refractivity contribution in [3.8, 4) is 6.07 Å². The summed E-state index contributed by atoms with van der Waals surface area (Å²) in [6, 6.07) is 10.0. The van der Waals surface area contributed by atoms with E-state index in [2.05, 4.69) is 18.7 Å². The van der Waals surface area contributed by atoms with E-state index in [0.717, 1.165) is 37.2 Å². The number of nitriles is 1. The number of rotatable bonds is 2. The fourth-order valence-corrected chi connectivity index (χ4v) is 2.37. The van der Waals surface area contributed by atoms with Gasteiger partial charge in [0.05, 0.1) is 18.2 Å². The molecular formula is C13H15NOS. The molecule has 1 aromatic carbocycles. The van der Waals surface area contributed by atoms with E-state index in [9.17, 15) is 0 Å². The molecule has 0 amide bonds. The lowest BCUT2D eigenvalue weighted by Crippen LogP contribution is -2.29. The number of ether oxygens (including phenoxy) is 1. The molecule has 3 heteroatoms. The second-order valence-corrected chi connectivity index (χ2v) is 4.83. The van der Waals surface area contributed by atoms with Crippen LogP contribution in [0.15, 0.2) is 24.3 Å². The van der Waals surface area contributed by atoms with Crippen LogP contribution in [0.5, 0.6) is 0 Å². The zero-order valence-corrected chi connectivity index (χ0v) is 9.99. The number of thiol groups is 1. The van der Waals surface area contributed by atoms with Gasteiger partial charge in [0.1, 0.15) is 0 Å². The largest absolute Gasteiger partial charge is 0.381 e. The summed E-state index contributed by atoms with van der Waals surface area (Å²) < 4.78 is 5.47. The third-order valence-electron chi connectivity index (χ3n) is 3.05. The molecule has 0 saturated carbocycles. The number of benzene rings is 1. The van der Waals surface area contributed by atoms with Crippen LogP contribution in [0.1, 0.15) is 17.5 Å². The van der Waals surface area contributed by atoms with Crippen molar-refractivity contribution in [2.75, 3.05) is 13.2 Å². The molecule has 0 aromatic heterocycles. The molecule has 1 saturated heterocycles. The number of hydrogen-bond donors (Lipinski definition) is 1. The van der Waals surface area contributed by atoms with Crippen molar-refractivity contribution in [3.05, 3.63) is 35.4 Å². The first-order valence-electron chi connectivity index (χ1n) is 5.55. The van der Waals surface area contributed by atoms with E-state index in [0.29, 0.717) is 11.2 Å². The molecule has 1 aliphatic rings. The van der Waals surface area contributed by atoms with Gasteiger partial charge in [-0.2, -0.15) is 17.9 Å². The Balaban J connectivity index is 2.11. The summed E-state index contributed by atoms with van der Waals surface area (Å²) in [5, 5.41) is 9.40. The summed E-state index contributed by atoms with van der Waals surface area (Å²) in [5.41, 5.74) is 1.88. The zero-order chi connectivity index (χ0) is 11.4. The summed E-state index contributed by atoms with van der Waals surface area (Å²) in [4.78, 5) is 0. The van der Waals surface area contributed by atoms with Crippen molar-refractivity contribution in [2.45, 2.75) is 18.1 Å². The Hall–Kier alpha value is -0.980. The van der Waals surface area contributed by atoms with Crippen LogP contribution < -0.4 is 0 Å². The summed E-state index contributed by atoms with van der Waals surface area (Å²) in [7, 11) is 0. The summed E-state index contributed by atoms with van der Waals surface area (Å²) in [6.45, 7) is 1.57. The molecule has 0 radical (unpaired) electrons. The van der Waals surface area contributed by atoms with Gasteiger partial charge in [0.25, 0.3) is 0 Å². The SMILES string of the molecule is N#Cc1ccccc1C[C@@H]1COCC[C@H]1S. The Morgan fingerprint density at radius 2 is 2.25 bits per heavy atom. The average Bonchev–Trinajstić information content (AvgIpc) is 2.33. The topological polar surface area (TPSA) is 33.0 Å². The van der Waals surface area contributed by atoms with Crippen LogP contribution in [-0.4, -0.2) is 18.5 Å². The van der Waals surface area contributed by atoms with E-state index >= 15 is 0 Å². The van der Waals surface area contributed by atoms with Crippen molar-refractivity contribution < 1.29 is 4.74 Å². The molecule has 1 fully saturated rings. The van der Waals surface area contributed by atoms with Gasteiger partial charge in [-0.3, -0.25) is 0 Å². The third kappa shape index (κ3) is 2.58. The lowest BCUT2D eigenvalue weighted by molar-refractivity contribution is 0.0596. The Kier molecular flexibility index (Phi) is 3.87. The van der Waals surface area contributed by atoms with Gasteiger partial charge in [0.15, 0.2) is 0 Å². The fraction of sp³-hybridized carbons (Fsp3) is 0.462. The van der Waals surface area contributed by atoms with Crippen LogP contribution in [0.4, 0.5) is 0 Å². The lowest BCUT2D eigenvalue weighted by Gasteiger charge is -2.28. The minimum Gasteiger partial charge on any atom is -0.381 e. The van der Waals surface area contributed by atoms with Crippen LogP contribution in [0.25, 0.3) is 0 Å². The Morgan fingerprint density at radius 1 is 1.44 bits per heavy atom. The predicted molar refractivity (Wildman–Crippen MR) is 66.6 cm³/mol. The average molecular weight is 233 g/mol. The highest BCUT2D eigenvalue weighted by molar-refractivity contribution is 7.81. The molecule has 2 atom stereocenters. The molecule has 84 valence electrons. The van der Waals surface area contributed by atoms with Gasteiger partial charge in [-0.1, -0.05) is 18.2 Å². The summed E-state index contributed by atoms with van der Waals surface area (Å²) in [6.07, 6.45) is 1.89. The van der Waals surface area contributed by atoms with Crippen molar-refractivity contribution in [2.24, 2.45) is 5.92 Å². The van der Waals surface area contributed by atoms with Gasteiger partial charge in [-0.05, 0) is 30.4 Å². The smallest absolute Gasteiger partial charge is 0.0994 e. The van der Waals surface area contributed by atoms with Crippen molar-refractivity contribution >= 4 is 12.6 Å². The molecule has 1 aliphatic heterocycles. The maximum atomic E-state index is 9.01. The highest BCUT2D eigenvalue weighted by atomic mass is 32.1. The van der Waals surface area contributed by atoms with E-state index in [1.54, 1.807) is 0 Å². The third-order valence-corrected chi connectivity index (χ3v) is 3.73. The second kappa shape index (κ2) is 5.38. The standard InChI is InChI=1S/C13H15NOS/c14-8-11-4-2-1-3-10(11)7-12-9-15-6-5-13(12)16/h1-4,12-13,16H,5-7,9H2/t12-,13-/m1/s1. The molecule has 16 heavy (non-hydrogen) atoms. The highest BCUT2D eigenvalue weighted by Gasteiger charge is 2.23. The maximum absolute atomic E-state index is 9.01. The molecule has 2 nitrogen and oxygen atoms in total. The number of hydrogen-bond acceptors (Lipinski definition) is 3. The molecule has 0 N–H and O–H groups in total. The molecular weight excluding hydrogens is 218 g/mol. The molecule has 2 rings (SSSR count). The Labute approximate surface area is 102 Å². The first-order chi connectivity index (χ1) is 7.81. The maximum Gasteiger partial charge on any atom is 0.0994 e. The number of nitrogens with zero attached hydrogens (tertiary/aromatic N) is 1. The van der Waals surface area contributed by atoms with E-state index in [1.165, 1.54) is 0 Å². The minimum absolute atomic E-state index is 0.389. The monoisotopic (exact) mass is 233 g/mol. The highest BCUT2D eigenvalue weighted by Crippen LogP contribution is 2.24. The second-order valence-electron chi connectivity index (χ2n) is 4.16. The van der Waals surface area contributed by atoms with Gasteiger partial charge in [-0.25, -0.2) is 0 Å². The summed E-state index contributed by atoms with van der Waals surface area (Å²) >= 11 is 4.59. The van der Waals surface area contributed by atoms with E-state index < -0.39 is 0 Å². The van der Waals surface area contributed by atoms with Crippen LogP contribution in [0, 0.1) is 17.2 Å². The van der Waals surface area contributed by atoms with Crippen molar-refractivity contribution in [3.63, 3.8) is 0 Å². The van der Waals surface area contributed by atoms with Gasteiger partial charge in [-0.15, -0.1) is 0 Å². The van der Waals surface area contributed by atoms with Gasteiger partial charge < -0.3 is 4.74 Å². The quantitative estimate of drug-likeness (QED) is 0.796. The molecule has 1 heterocycles. The molecule has 0 spiro atoms. The zero-order valence-electron chi connectivity index (χ0n) is 9.10. The van der Waals surface area contributed by atoms with E-state index in [1.807, 2.05) is 24.3 Å². The van der Waals surface area contributed by atoms with Crippen LogP contribution in [0.2, 0.25) is 0 Å². The van der Waals surface area contributed by atoms with Crippen LogP contribution >= 0.6 is 12.6 Å². The Bertz CT molecular complexity index is 399. The minimum atomic E-state index is 0.389. The van der Waals surface area contributed by atoms with Crippen molar-refractivity contribution in [1.82, 2.24) is 0 Å². The first-order valence-corrected chi connectivity index (χ1v) is 6.06. The van der Waals surface area contributed by atoms with Crippen LogP contribution in [0.3, 0.4) is 0 Å². The van der Waals surface area contributed by atoms with E-state index in [-0.39, 0.29) is 0 Å². The van der Waals surface area contributed by atoms with Crippen molar-refractivity contribution in [1.29, 1.82) is 5.26 Å². The van der Waals surface area contributed by atoms with Gasteiger partial charge in [0.2, 0.25) is 0 Å². The van der Waals surface area contributed by atoms with Crippen LogP contribution in [-0.2, 0) is 11.2 Å². The normalized spacial score (nSPS) is 25.0. The summed E-state index contributed by atoms with van der Waals surface area (Å²) in [5.74, 6) is 0.423. The molecule has 0 unspecified atom stereocenters. The molecule has 0 aliphatic carbocycles. The van der Waals surface area contributed by atoms with E-state index in [4.69, 9.17) is 10.00 Å². The lowest BCUT2D eigenvalue weighted by atomic mass is 9.91. The first kappa shape index (κ1) is 11.5.